The summed E-state index contributed by atoms with van der Waals surface area (Å²) in [5.74, 6) is 1.06. The fourth-order valence-electron chi connectivity index (χ4n) is 2.25. The lowest BCUT2D eigenvalue weighted by molar-refractivity contribution is -0.387. The molecule has 0 bridgehead atoms. The van der Waals surface area contributed by atoms with E-state index in [2.05, 4.69) is 15.0 Å². The van der Waals surface area contributed by atoms with Crippen LogP contribution in [0.3, 0.4) is 0 Å². The molecule has 3 rings (SSSR count). The van der Waals surface area contributed by atoms with E-state index in [0.29, 0.717) is 17.3 Å². The number of aromatic nitrogens is 3. The van der Waals surface area contributed by atoms with Gasteiger partial charge in [0.15, 0.2) is 0 Å². The van der Waals surface area contributed by atoms with Crippen LogP contribution in [0.25, 0.3) is 0 Å². The quantitative estimate of drug-likeness (QED) is 0.274. The van der Waals surface area contributed by atoms with Crippen molar-refractivity contribution in [1.82, 2.24) is 15.0 Å². The number of anilines is 1. The van der Waals surface area contributed by atoms with Gasteiger partial charge in [-0.15, -0.1) is 0 Å². The van der Waals surface area contributed by atoms with Gasteiger partial charge in [0.25, 0.3) is 5.88 Å². The molecule has 0 saturated heterocycles. The normalized spacial score (nSPS) is 9.43. The standard InChI is InChI=1S/C7H8N2O4.C7H10N2O2.C5H2Cl2N2O2/c1-12-5-3-4-8-7(13-2)6(5)9(10)11;1-10-5-3-4-9-7(11-2)6(5)8;6-3-1-2-8-5(7)4(3)9(10)11/h3-4H,1-2H3;3-4H,8H2,1-2H3;1-2H. The Morgan fingerprint density at radius 3 is 1.66 bits per heavy atom. The van der Waals surface area contributed by atoms with Crippen molar-refractivity contribution in [3.05, 3.63) is 67.2 Å². The van der Waals surface area contributed by atoms with Gasteiger partial charge in [0, 0.05) is 30.7 Å². The Balaban J connectivity index is 0.000000264. The Labute approximate surface area is 208 Å². The van der Waals surface area contributed by atoms with Gasteiger partial charge in [-0.05, 0) is 6.07 Å². The Morgan fingerprint density at radius 2 is 1.23 bits per heavy atom. The molecule has 0 aromatic carbocycles. The Morgan fingerprint density at radius 1 is 0.743 bits per heavy atom. The van der Waals surface area contributed by atoms with Gasteiger partial charge in [0.1, 0.15) is 16.5 Å². The predicted molar refractivity (Wildman–Crippen MR) is 127 cm³/mol. The second kappa shape index (κ2) is 14.2. The van der Waals surface area contributed by atoms with Gasteiger partial charge in [0.05, 0.1) is 38.3 Å². The van der Waals surface area contributed by atoms with Crippen molar-refractivity contribution in [2.45, 2.75) is 0 Å². The average Bonchev–Trinajstić information content (AvgIpc) is 2.84. The number of methoxy groups -OCH3 is 4. The molecule has 3 aromatic heterocycles. The molecule has 0 aliphatic carbocycles. The first-order valence-corrected chi connectivity index (χ1v) is 9.86. The fraction of sp³-hybridized carbons (Fsp3) is 0.211. The van der Waals surface area contributed by atoms with Crippen molar-refractivity contribution < 1.29 is 28.8 Å². The maximum absolute atomic E-state index is 10.6. The summed E-state index contributed by atoms with van der Waals surface area (Å²) in [5, 5.41) is 20.6. The van der Waals surface area contributed by atoms with Crippen LogP contribution in [-0.2, 0) is 0 Å². The van der Waals surface area contributed by atoms with Crippen molar-refractivity contribution >= 4 is 40.3 Å². The van der Waals surface area contributed by atoms with Gasteiger partial charge >= 0.3 is 11.4 Å². The van der Waals surface area contributed by atoms with Gasteiger partial charge in [-0.25, -0.2) is 15.0 Å². The smallest absolute Gasteiger partial charge is 0.372 e. The third kappa shape index (κ3) is 7.97. The maximum Gasteiger partial charge on any atom is 0.372 e. The van der Waals surface area contributed by atoms with Crippen molar-refractivity contribution in [2.24, 2.45) is 0 Å². The number of rotatable bonds is 6. The molecule has 0 aliphatic heterocycles. The van der Waals surface area contributed by atoms with Crippen LogP contribution in [0.4, 0.5) is 17.1 Å². The minimum Gasteiger partial charge on any atom is -0.494 e. The van der Waals surface area contributed by atoms with Crippen molar-refractivity contribution in [1.29, 1.82) is 0 Å². The van der Waals surface area contributed by atoms with E-state index in [4.69, 9.17) is 47.9 Å². The zero-order valence-electron chi connectivity index (χ0n) is 18.8. The highest BCUT2D eigenvalue weighted by Crippen LogP contribution is 2.33. The van der Waals surface area contributed by atoms with E-state index in [1.54, 1.807) is 19.4 Å². The van der Waals surface area contributed by atoms with Crippen LogP contribution >= 0.6 is 23.2 Å². The summed E-state index contributed by atoms with van der Waals surface area (Å²) in [6.07, 6.45) is 4.26. The average molecular weight is 531 g/mol. The zero-order chi connectivity index (χ0) is 26.5. The number of nitrogens with two attached hydrogens (primary N) is 1. The monoisotopic (exact) mass is 530 g/mol. The first-order chi connectivity index (χ1) is 16.6. The molecule has 0 aliphatic rings. The number of hydrogen-bond donors (Lipinski definition) is 1. The molecule has 3 aromatic rings. The highest BCUT2D eigenvalue weighted by atomic mass is 35.5. The Kier molecular flexibility index (Phi) is 11.7. The Bertz CT molecular complexity index is 1100. The van der Waals surface area contributed by atoms with Gasteiger partial charge in [0.2, 0.25) is 16.8 Å². The summed E-state index contributed by atoms with van der Waals surface area (Å²) in [5.41, 5.74) is 5.41. The van der Waals surface area contributed by atoms with Gasteiger partial charge in [-0.1, -0.05) is 23.2 Å². The van der Waals surface area contributed by atoms with Crippen LogP contribution in [-0.4, -0.2) is 53.2 Å². The van der Waals surface area contributed by atoms with Crippen molar-refractivity contribution in [3.8, 4) is 23.3 Å². The second-order valence-corrected chi connectivity index (χ2v) is 6.52. The number of hydrogen-bond acceptors (Lipinski definition) is 12. The van der Waals surface area contributed by atoms with Crippen LogP contribution in [0.15, 0.2) is 36.8 Å². The molecule has 0 unspecified atom stereocenters. The molecule has 3 heterocycles. The molecule has 0 saturated carbocycles. The van der Waals surface area contributed by atoms with Gasteiger partial charge in [-0.3, -0.25) is 20.2 Å². The molecular weight excluding hydrogens is 511 g/mol. The minimum absolute atomic E-state index is 0.00463. The van der Waals surface area contributed by atoms with Crippen LogP contribution < -0.4 is 24.7 Å². The molecule has 0 spiro atoms. The number of nitrogens with zero attached hydrogens (tertiary/aromatic N) is 5. The maximum atomic E-state index is 10.6. The fourth-order valence-corrected chi connectivity index (χ4v) is 2.74. The largest absolute Gasteiger partial charge is 0.494 e. The summed E-state index contributed by atoms with van der Waals surface area (Å²) in [6.45, 7) is 0. The first kappa shape index (κ1) is 28.9. The summed E-state index contributed by atoms with van der Waals surface area (Å²) < 4.78 is 19.3. The van der Waals surface area contributed by atoms with Gasteiger partial charge in [-0.2, -0.15) is 0 Å². The molecule has 0 fully saturated rings. The summed E-state index contributed by atoms with van der Waals surface area (Å²) in [6, 6.07) is 4.39. The molecule has 14 nitrogen and oxygen atoms in total. The van der Waals surface area contributed by atoms with Crippen molar-refractivity contribution in [3.63, 3.8) is 0 Å². The van der Waals surface area contributed by atoms with Crippen LogP contribution in [0, 0.1) is 20.2 Å². The summed E-state index contributed by atoms with van der Waals surface area (Å²) in [4.78, 5) is 30.6. The van der Waals surface area contributed by atoms with Crippen LogP contribution in [0.5, 0.6) is 23.3 Å². The van der Waals surface area contributed by atoms with E-state index in [1.165, 1.54) is 45.9 Å². The molecular formula is C19H20Cl2N6O8. The highest BCUT2D eigenvalue weighted by molar-refractivity contribution is 6.37. The van der Waals surface area contributed by atoms with E-state index in [1.807, 2.05) is 0 Å². The lowest BCUT2D eigenvalue weighted by Crippen LogP contribution is -1.98. The lowest BCUT2D eigenvalue weighted by Gasteiger charge is -2.06. The highest BCUT2D eigenvalue weighted by Gasteiger charge is 2.22. The summed E-state index contributed by atoms with van der Waals surface area (Å²) >= 11 is 10.8. The number of pyridine rings is 3. The second-order valence-electron chi connectivity index (χ2n) is 5.75. The molecule has 0 amide bonds. The van der Waals surface area contributed by atoms with Crippen molar-refractivity contribution in [2.75, 3.05) is 34.2 Å². The van der Waals surface area contributed by atoms with Gasteiger partial charge < -0.3 is 24.7 Å². The van der Waals surface area contributed by atoms with E-state index >= 15 is 0 Å². The van der Waals surface area contributed by atoms with E-state index in [0.717, 1.165) is 0 Å². The SMILES string of the molecule is COc1ccnc(OC)c1N.COc1ccnc(OC)c1[N+](=O)[O-].O=[N+]([O-])c1c(Cl)ccnc1Cl. The van der Waals surface area contributed by atoms with Crippen LogP contribution in [0.2, 0.25) is 10.2 Å². The zero-order valence-corrected chi connectivity index (χ0v) is 20.3. The minimum atomic E-state index is -0.669. The third-order valence-electron chi connectivity index (χ3n) is 3.79. The number of halogens is 2. The molecule has 2 N–H and O–H groups in total. The number of ether oxygens (including phenoxy) is 4. The molecule has 0 atom stereocenters. The lowest BCUT2D eigenvalue weighted by atomic mass is 10.4. The first-order valence-electron chi connectivity index (χ1n) is 9.11. The number of nitro groups is 2. The van der Waals surface area contributed by atoms with E-state index in [9.17, 15) is 20.2 Å². The summed E-state index contributed by atoms with van der Waals surface area (Å²) in [7, 11) is 5.72. The molecule has 16 heteroatoms. The number of nitrogen functional groups attached to an aromatic ring is 1. The van der Waals surface area contributed by atoms with E-state index in [-0.39, 0.29) is 33.2 Å². The Hall–Kier alpha value is -4.17. The predicted octanol–water partition coefficient (Wildman–Crippen LogP) is 3.98. The van der Waals surface area contributed by atoms with E-state index < -0.39 is 9.85 Å². The van der Waals surface area contributed by atoms with Crippen LogP contribution in [0.1, 0.15) is 0 Å². The molecule has 188 valence electrons. The molecule has 35 heavy (non-hydrogen) atoms. The third-order valence-corrected chi connectivity index (χ3v) is 4.37. The topological polar surface area (TPSA) is 188 Å². The molecule has 0 radical (unpaired) electrons.